The van der Waals surface area contributed by atoms with E-state index >= 15 is 0 Å². The number of benzene rings is 2. The molecule has 3 aliphatic rings. The highest BCUT2D eigenvalue weighted by atomic mass is 15.2. The molecule has 102 valence electrons. The summed E-state index contributed by atoms with van der Waals surface area (Å²) in [4.78, 5) is 2.64. The van der Waals surface area contributed by atoms with Crippen molar-refractivity contribution in [3.05, 3.63) is 71.8 Å². The molecule has 1 unspecified atom stereocenters. The number of rotatable bonds is 2. The first kappa shape index (κ1) is 12.2. The summed E-state index contributed by atoms with van der Waals surface area (Å²) in [5.74, 6) is 0.647. The molecule has 2 aromatic rings. The maximum atomic E-state index is 2.64. The SMILES string of the molecule is c1ccc(C2CN3CCC2(c2ccccc2)CC3)cc1. The van der Waals surface area contributed by atoms with Gasteiger partial charge in [0, 0.05) is 17.9 Å². The van der Waals surface area contributed by atoms with E-state index in [0.717, 1.165) is 0 Å². The van der Waals surface area contributed by atoms with Gasteiger partial charge in [-0.25, -0.2) is 0 Å². The fourth-order valence-corrected chi connectivity index (χ4v) is 4.29. The topological polar surface area (TPSA) is 3.24 Å². The summed E-state index contributed by atoms with van der Waals surface area (Å²) in [6.07, 6.45) is 2.60. The average molecular weight is 263 g/mol. The van der Waals surface area contributed by atoms with Crippen LogP contribution in [0.5, 0.6) is 0 Å². The molecular weight excluding hydrogens is 242 g/mol. The predicted octanol–water partition coefficient (Wildman–Crippen LogP) is 3.82. The molecule has 2 aromatic carbocycles. The molecule has 3 heterocycles. The standard InChI is InChI=1S/C19H21N/c1-3-7-16(8-4-1)18-15-20-13-11-19(18,12-14-20)17-9-5-2-6-10-17/h1-10,18H,11-15H2. The monoisotopic (exact) mass is 263 g/mol. The number of hydrogen-bond acceptors (Lipinski definition) is 1. The molecule has 0 N–H and O–H groups in total. The Morgan fingerprint density at radius 1 is 0.800 bits per heavy atom. The minimum atomic E-state index is 0.358. The van der Waals surface area contributed by atoms with Crippen LogP contribution in [0.2, 0.25) is 0 Å². The first-order valence-corrected chi connectivity index (χ1v) is 7.71. The fourth-order valence-electron chi connectivity index (χ4n) is 4.29. The van der Waals surface area contributed by atoms with Crippen molar-refractivity contribution < 1.29 is 0 Å². The molecule has 5 rings (SSSR count). The number of nitrogens with zero attached hydrogens (tertiary/aromatic N) is 1. The van der Waals surface area contributed by atoms with Gasteiger partial charge in [-0.2, -0.15) is 0 Å². The second-order valence-corrected chi connectivity index (χ2v) is 6.29. The van der Waals surface area contributed by atoms with E-state index in [1.165, 1.54) is 38.0 Å². The lowest BCUT2D eigenvalue weighted by atomic mass is 9.59. The average Bonchev–Trinajstić information content (AvgIpc) is 2.57. The molecule has 1 atom stereocenters. The summed E-state index contributed by atoms with van der Waals surface area (Å²) < 4.78 is 0. The lowest BCUT2D eigenvalue weighted by Gasteiger charge is -2.54. The summed E-state index contributed by atoms with van der Waals surface area (Å²) in [5, 5.41) is 0. The van der Waals surface area contributed by atoms with Crippen molar-refractivity contribution in [3.63, 3.8) is 0 Å². The third kappa shape index (κ3) is 1.81. The van der Waals surface area contributed by atoms with Crippen molar-refractivity contribution in [2.75, 3.05) is 19.6 Å². The second-order valence-electron chi connectivity index (χ2n) is 6.29. The highest BCUT2D eigenvalue weighted by Crippen LogP contribution is 2.50. The molecule has 0 radical (unpaired) electrons. The molecular formula is C19H21N. The van der Waals surface area contributed by atoms with E-state index in [0.29, 0.717) is 11.3 Å². The van der Waals surface area contributed by atoms with Gasteiger partial charge in [-0.05, 0) is 37.1 Å². The summed E-state index contributed by atoms with van der Waals surface area (Å²) >= 11 is 0. The molecule has 1 nitrogen and oxygen atoms in total. The minimum Gasteiger partial charge on any atom is -0.303 e. The van der Waals surface area contributed by atoms with E-state index in [9.17, 15) is 0 Å². The highest BCUT2D eigenvalue weighted by Gasteiger charge is 2.48. The maximum absolute atomic E-state index is 2.64. The van der Waals surface area contributed by atoms with Crippen molar-refractivity contribution in [1.29, 1.82) is 0 Å². The van der Waals surface area contributed by atoms with Crippen LogP contribution in [0.3, 0.4) is 0 Å². The van der Waals surface area contributed by atoms with E-state index in [2.05, 4.69) is 65.6 Å². The van der Waals surface area contributed by atoms with Gasteiger partial charge in [-0.1, -0.05) is 60.7 Å². The zero-order chi connectivity index (χ0) is 13.4. The van der Waals surface area contributed by atoms with Gasteiger partial charge in [0.1, 0.15) is 0 Å². The van der Waals surface area contributed by atoms with Crippen LogP contribution >= 0.6 is 0 Å². The van der Waals surface area contributed by atoms with Crippen LogP contribution < -0.4 is 0 Å². The molecule has 0 amide bonds. The van der Waals surface area contributed by atoms with Gasteiger partial charge in [0.2, 0.25) is 0 Å². The molecule has 0 aromatic heterocycles. The Kier molecular flexibility index (Phi) is 2.89. The first-order valence-electron chi connectivity index (χ1n) is 7.71. The smallest absolute Gasteiger partial charge is 0.00639 e. The summed E-state index contributed by atoms with van der Waals surface area (Å²) in [6, 6.07) is 22.4. The first-order chi connectivity index (χ1) is 9.88. The molecule has 20 heavy (non-hydrogen) atoms. The van der Waals surface area contributed by atoms with Crippen LogP contribution in [0, 0.1) is 0 Å². The molecule has 3 saturated heterocycles. The second kappa shape index (κ2) is 4.75. The van der Waals surface area contributed by atoms with Crippen LogP contribution in [-0.2, 0) is 5.41 Å². The van der Waals surface area contributed by atoms with E-state index in [-0.39, 0.29) is 0 Å². The lowest BCUT2D eigenvalue weighted by molar-refractivity contribution is 0.0571. The summed E-state index contributed by atoms with van der Waals surface area (Å²) in [5.41, 5.74) is 3.42. The van der Waals surface area contributed by atoms with Crippen molar-refractivity contribution in [3.8, 4) is 0 Å². The van der Waals surface area contributed by atoms with Crippen molar-refractivity contribution in [2.24, 2.45) is 0 Å². The van der Waals surface area contributed by atoms with Crippen LogP contribution in [0.4, 0.5) is 0 Å². The maximum Gasteiger partial charge on any atom is 0.00639 e. The van der Waals surface area contributed by atoms with Gasteiger partial charge in [0.05, 0.1) is 0 Å². The minimum absolute atomic E-state index is 0.358. The van der Waals surface area contributed by atoms with Crippen molar-refractivity contribution >= 4 is 0 Å². The largest absolute Gasteiger partial charge is 0.303 e. The van der Waals surface area contributed by atoms with Gasteiger partial charge < -0.3 is 4.90 Å². The van der Waals surface area contributed by atoms with Gasteiger partial charge in [0.15, 0.2) is 0 Å². The van der Waals surface area contributed by atoms with Crippen LogP contribution in [-0.4, -0.2) is 24.5 Å². The molecule has 2 bridgehead atoms. The van der Waals surface area contributed by atoms with Gasteiger partial charge in [-0.15, -0.1) is 0 Å². The van der Waals surface area contributed by atoms with Gasteiger partial charge >= 0.3 is 0 Å². The molecule has 3 aliphatic heterocycles. The molecule has 1 heteroatoms. The van der Waals surface area contributed by atoms with Crippen molar-refractivity contribution in [1.82, 2.24) is 4.90 Å². The van der Waals surface area contributed by atoms with E-state index in [4.69, 9.17) is 0 Å². The highest BCUT2D eigenvalue weighted by molar-refractivity contribution is 5.36. The normalized spacial score (nSPS) is 32.2. The number of fused-ring (bicyclic) bond motifs is 3. The van der Waals surface area contributed by atoms with Gasteiger partial charge in [-0.3, -0.25) is 0 Å². The lowest BCUT2D eigenvalue weighted by Crippen LogP contribution is -2.55. The number of hydrogen-bond donors (Lipinski definition) is 0. The summed E-state index contributed by atoms with van der Waals surface area (Å²) in [7, 11) is 0. The predicted molar refractivity (Wildman–Crippen MR) is 83.0 cm³/mol. The zero-order valence-corrected chi connectivity index (χ0v) is 11.8. The molecule has 3 fully saturated rings. The Morgan fingerprint density at radius 2 is 1.40 bits per heavy atom. The molecule has 0 aliphatic carbocycles. The van der Waals surface area contributed by atoms with Crippen LogP contribution in [0.1, 0.15) is 29.9 Å². The van der Waals surface area contributed by atoms with Crippen LogP contribution in [0.15, 0.2) is 60.7 Å². The Hall–Kier alpha value is -1.60. The van der Waals surface area contributed by atoms with Crippen molar-refractivity contribution in [2.45, 2.75) is 24.2 Å². The summed E-state index contributed by atoms with van der Waals surface area (Å²) in [6.45, 7) is 3.75. The van der Waals surface area contributed by atoms with E-state index < -0.39 is 0 Å². The van der Waals surface area contributed by atoms with Gasteiger partial charge in [0.25, 0.3) is 0 Å². The Balaban J connectivity index is 1.81. The third-order valence-electron chi connectivity index (χ3n) is 5.41. The van der Waals surface area contributed by atoms with Crippen LogP contribution in [0.25, 0.3) is 0 Å². The Labute approximate surface area is 121 Å². The molecule has 0 spiro atoms. The molecule has 0 saturated carbocycles. The number of piperidine rings is 3. The third-order valence-corrected chi connectivity index (χ3v) is 5.41. The fraction of sp³-hybridized carbons (Fsp3) is 0.368. The Morgan fingerprint density at radius 3 is 2.05 bits per heavy atom. The van der Waals surface area contributed by atoms with E-state index in [1.807, 2.05) is 0 Å². The zero-order valence-electron chi connectivity index (χ0n) is 11.8. The van der Waals surface area contributed by atoms with E-state index in [1.54, 1.807) is 5.56 Å². The Bertz CT molecular complexity index is 567. The quantitative estimate of drug-likeness (QED) is 0.796.